The first kappa shape index (κ1) is 21.1. The van der Waals surface area contributed by atoms with E-state index in [9.17, 15) is 14.8 Å². The van der Waals surface area contributed by atoms with Gasteiger partial charge >= 0.3 is 11.4 Å². The third-order valence-electron chi connectivity index (χ3n) is 4.12. The van der Waals surface area contributed by atoms with E-state index in [1.165, 1.54) is 21.3 Å². The maximum atomic E-state index is 12.6. The SMILES string of the molecule is COc1cccc(OC)c1CNC(=O)c1[nH]c(=O)c(CC(C)C)[n+]([O-])c1OC. The van der Waals surface area contributed by atoms with E-state index in [4.69, 9.17) is 14.2 Å². The van der Waals surface area contributed by atoms with Crippen LogP contribution < -0.4 is 29.8 Å². The summed E-state index contributed by atoms with van der Waals surface area (Å²) in [6.07, 6.45) is 0.259. The van der Waals surface area contributed by atoms with Crippen molar-refractivity contribution >= 4 is 5.91 Å². The van der Waals surface area contributed by atoms with Gasteiger partial charge in [-0.05, 0) is 18.1 Å². The molecule has 1 amide bonds. The molecule has 0 radical (unpaired) electrons. The molecule has 9 heteroatoms. The van der Waals surface area contributed by atoms with Crippen LogP contribution in [0.15, 0.2) is 23.0 Å². The number of hydrogen-bond acceptors (Lipinski definition) is 6. The molecule has 2 N–H and O–H groups in total. The summed E-state index contributed by atoms with van der Waals surface area (Å²) in [4.78, 5) is 27.4. The van der Waals surface area contributed by atoms with Gasteiger partial charge in [0.25, 0.3) is 11.6 Å². The van der Waals surface area contributed by atoms with Crippen molar-refractivity contribution in [2.45, 2.75) is 26.8 Å². The van der Waals surface area contributed by atoms with Crippen molar-refractivity contribution in [1.29, 1.82) is 0 Å². The molecule has 0 aliphatic heterocycles. The van der Waals surface area contributed by atoms with Gasteiger partial charge in [-0.25, -0.2) is 0 Å². The van der Waals surface area contributed by atoms with Gasteiger partial charge in [-0.2, -0.15) is 0 Å². The number of methoxy groups -OCH3 is 3. The topological polar surface area (TPSA) is 117 Å². The standard InChI is InChI=1S/C19H25N3O6/c1-11(2)9-13-17(23)21-16(19(28-5)22(13)25)18(24)20-10-12-14(26-3)7-6-8-15(12)27-4/h6-8,11H,9-10H2,1-5H3,(H,20,24)(H,21,23). The van der Waals surface area contributed by atoms with Gasteiger partial charge in [-0.1, -0.05) is 19.9 Å². The van der Waals surface area contributed by atoms with Crippen LogP contribution in [0.4, 0.5) is 0 Å². The summed E-state index contributed by atoms with van der Waals surface area (Å²) >= 11 is 0. The Bertz CT molecular complexity index is 885. The van der Waals surface area contributed by atoms with Crippen molar-refractivity contribution in [3.8, 4) is 17.4 Å². The average Bonchev–Trinajstić information content (AvgIpc) is 2.68. The van der Waals surface area contributed by atoms with Gasteiger partial charge in [-0.3, -0.25) is 9.59 Å². The summed E-state index contributed by atoms with van der Waals surface area (Å²) in [6, 6.07) is 5.23. The number of aromatic amines is 1. The molecule has 1 heterocycles. The van der Waals surface area contributed by atoms with Crippen LogP contribution in [0.2, 0.25) is 0 Å². The first-order valence-corrected chi connectivity index (χ1v) is 8.74. The Morgan fingerprint density at radius 2 is 1.79 bits per heavy atom. The fourth-order valence-electron chi connectivity index (χ4n) is 2.82. The van der Waals surface area contributed by atoms with Gasteiger partial charge in [0.1, 0.15) is 11.5 Å². The smallest absolute Gasteiger partial charge is 0.409 e. The largest absolute Gasteiger partial charge is 0.616 e. The number of carbonyl (C=O) groups excluding carboxylic acids is 1. The summed E-state index contributed by atoms with van der Waals surface area (Å²) in [7, 11) is 4.28. The van der Waals surface area contributed by atoms with Crippen molar-refractivity contribution in [3.05, 3.63) is 50.7 Å². The second-order valence-corrected chi connectivity index (χ2v) is 6.50. The number of hydrogen-bond donors (Lipinski definition) is 2. The van der Waals surface area contributed by atoms with Gasteiger partial charge in [0.05, 0.1) is 33.4 Å². The molecule has 0 aliphatic rings. The van der Waals surface area contributed by atoms with Crippen molar-refractivity contribution in [1.82, 2.24) is 10.3 Å². The Labute approximate surface area is 162 Å². The summed E-state index contributed by atoms with van der Waals surface area (Å²) in [5.41, 5.74) is -0.253. The van der Waals surface area contributed by atoms with Crippen LogP contribution in [0.1, 0.15) is 35.6 Å². The molecule has 0 fully saturated rings. The first-order chi connectivity index (χ1) is 13.3. The summed E-state index contributed by atoms with van der Waals surface area (Å²) in [6.45, 7) is 3.82. The fourth-order valence-corrected chi connectivity index (χ4v) is 2.82. The van der Waals surface area contributed by atoms with E-state index in [-0.39, 0.29) is 36.2 Å². The van der Waals surface area contributed by atoms with Crippen LogP contribution in [0, 0.1) is 11.1 Å². The monoisotopic (exact) mass is 391 g/mol. The third kappa shape index (κ3) is 4.36. The molecule has 1 aromatic carbocycles. The normalized spacial score (nSPS) is 10.6. The molecule has 0 bridgehead atoms. The van der Waals surface area contributed by atoms with Crippen LogP contribution >= 0.6 is 0 Å². The highest BCUT2D eigenvalue weighted by Gasteiger charge is 2.28. The second-order valence-electron chi connectivity index (χ2n) is 6.50. The number of nitrogens with zero attached hydrogens (tertiary/aromatic N) is 1. The highest BCUT2D eigenvalue weighted by Crippen LogP contribution is 2.28. The van der Waals surface area contributed by atoms with E-state index < -0.39 is 11.5 Å². The third-order valence-corrected chi connectivity index (χ3v) is 4.12. The molecule has 28 heavy (non-hydrogen) atoms. The molecule has 2 rings (SSSR count). The number of amides is 1. The van der Waals surface area contributed by atoms with Crippen LogP contribution in [0.5, 0.6) is 17.4 Å². The molecular weight excluding hydrogens is 366 g/mol. The number of ether oxygens (including phenoxy) is 3. The van der Waals surface area contributed by atoms with Crippen LogP contribution in [-0.4, -0.2) is 32.2 Å². The van der Waals surface area contributed by atoms with E-state index in [0.717, 1.165) is 0 Å². The number of nitrogens with one attached hydrogen (secondary N) is 2. The van der Waals surface area contributed by atoms with Crippen molar-refractivity contribution < 1.29 is 23.7 Å². The molecular formula is C19H25N3O6. The van der Waals surface area contributed by atoms with Crippen LogP contribution in [0.3, 0.4) is 0 Å². The lowest BCUT2D eigenvalue weighted by Crippen LogP contribution is -2.44. The molecule has 0 spiro atoms. The molecule has 0 saturated carbocycles. The number of H-pyrrole nitrogens is 1. The molecule has 0 aliphatic carbocycles. The number of rotatable bonds is 8. The van der Waals surface area contributed by atoms with E-state index >= 15 is 0 Å². The van der Waals surface area contributed by atoms with Gasteiger partial charge in [0.15, 0.2) is 0 Å². The zero-order valence-corrected chi connectivity index (χ0v) is 16.6. The van der Waals surface area contributed by atoms with Gasteiger partial charge < -0.3 is 29.7 Å². The van der Waals surface area contributed by atoms with Crippen molar-refractivity contribution in [2.75, 3.05) is 21.3 Å². The van der Waals surface area contributed by atoms with E-state index in [0.29, 0.717) is 21.8 Å². The van der Waals surface area contributed by atoms with Gasteiger partial charge in [-0.15, -0.1) is 4.73 Å². The number of aromatic nitrogens is 2. The molecule has 9 nitrogen and oxygen atoms in total. The Morgan fingerprint density at radius 1 is 1.18 bits per heavy atom. The zero-order valence-electron chi connectivity index (χ0n) is 16.6. The lowest BCUT2D eigenvalue weighted by molar-refractivity contribution is -0.622. The Kier molecular flexibility index (Phi) is 6.86. The second kappa shape index (κ2) is 9.12. The maximum Gasteiger partial charge on any atom is 0.409 e. The summed E-state index contributed by atoms with van der Waals surface area (Å²) in [5, 5.41) is 15.2. The quantitative estimate of drug-likeness (QED) is 0.515. The van der Waals surface area contributed by atoms with Crippen molar-refractivity contribution in [2.24, 2.45) is 5.92 Å². The van der Waals surface area contributed by atoms with Gasteiger partial charge in [0.2, 0.25) is 5.69 Å². The predicted octanol–water partition coefficient (Wildman–Crippen LogP) is 1.16. The zero-order chi connectivity index (χ0) is 20.8. The number of carbonyl (C=O) groups is 1. The van der Waals surface area contributed by atoms with E-state index in [2.05, 4.69) is 10.3 Å². The lowest BCUT2D eigenvalue weighted by Gasteiger charge is -2.15. The summed E-state index contributed by atoms with van der Waals surface area (Å²) in [5.74, 6) is 0.226. The molecule has 0 atom stereocenters. The molecule has 0 unspecified atom stereocenters. The Balaban J connectivity index is 2.34. The molecule has 152 valence electrons. The first-order valence-electron chi connectivity index (χ1n) is 8.74. The van der Waals surface area contributed by atoms with Crippen LogP contribution in [-0.2, 0) is 13.0 Å². The maximum absolute atomic E-state index is 12.6. The molecule has 2 aromatic rings. The lowest BCUT2D eigenvalue weighted by atomic mass is 10.1. The number of benzene rings is 1. The Morgan fingerprint density at radius 3 is 2.29 bits per heavy atom. The Hall–Kier alpha value is -3.23. The highest BCUT2D eigenvalue weighted by molar-refractivity contribution is 5.94. The predicted molar refractivity (Wildman–Crippen MR) is 102 cm³/mol. The molecule has 1 aromatic heterocycles. The van der Waals surface area contributed by atoms with Crippen LogP contribution in [0.25, 0.3) is 0 Å². The minimum Gasteiger partial charge on any atom is -0.616 e. The van der Waals surface area contributed by atoms with Crippen molar-refractivity contribution in [3.63, 3.8) is 0 Å². The minimum atomic E-state index is -0.664. The highest BCUT2D eigenvalue weighted by atomic mass is 16.5. The minimum absolute atomic E-state index is 0.00482. The average molecular weight is 391 g/mol. The summed E-state index contributed by atoms with van der Waals surface area (Å²) < 4.78 is 16.0. The van der Waals surface area contributed by atoms with E-state index in [1.54, 1.807) is 18.2 Å². The van der Waals surface area contributed by atoms with Gasteiger partial charge in [0, 0.05) is 6.42 Å². The fraction of sp³-hybridized carbons (Fsp3) is 0.421. The molecule has 0 saturated heterocycles. The van der Waals surface area contributed by atoms with E-state index in [1.807, 2.05) is 13.8 Å².